The molecule has 106 valence electrons. The molecule has 1 aromatic carbocycles. The Morgan fingerprint density at radius 1 is 0.900 bits per heavy atom. The van der Waals surface area contributed by atoms with Crippen LogP contribution in [0.15, 0.2) is 30.3 Å². The summed E-state index contributed by atoms with van der Waals surface area (Å²) in [6, 6.07) is 10.6. The fourth-order valence-electron chi connectivity index (χ4n) is 2.02. The summed E-state index contributed by atoms with van der Waals surface area (Å²) in [6.45, 7) is 7.75. The van der Waals surface area contributed by atoms with Crippen molar-refractivity contribution in [1.29, 1.82) is 0 Å². The fourth-order valence-corrected chi connectivity index (χ4v) is 2.02. The number of nitrogens with one attached hydrogen (secondary N) is 2. The molecule has 4 heteroatoms. The van der Waals surface area contributed by atoms with Crippen molar-refractivity contribution in [3.05, 3.63) is 47.3 Å². The lowest BCUT2D eigenvalue weighted by Crippen LogP contribution is -2.06. The minimum absolute atomic E-state index is 0.770. The summed E-state index contributed by atoms with van der Waals surface area (Å²) >= 11 is 0. The number of aromatic nitrogens is 2. The molecule has 0 fully saturated rings. The van der Waals surface area contributed by atoms with Crippen LogP contribution in [0.1, 0.15) is 30.8 Å². The van der Waals surface area contributed by atoms with Gasteiger partial charge in [-0.15, -0.1) is 0 Å². The predicted molar refractivity (Wildman–Crippen MR) is 84.1 cm³/mol. The molecule has 0 aliphatic heterocycles. The largest absolute Gasteiger partial charge is 0.370 e. The lowest BCUT2D eigenvalue weighted by atomic mass is 10.1. The third kappa shape index (κ3) is 3.95. The van der Waals surface area contributed by atoms with Crippen LogP contribution in [0.3, 0.4) is 0 Å². The van der Waals surface area contributed by atoms with E-state index in [9.17, 15) is 0 Å². The quantitative estimate of drug-likeness (QED) is 0.844. The predicted octanol–water partition coefficient (Wildman–Crippen LogP) is 3.39. The first-order valence-corrected chi connectivity index (χ1v) is 7.12. The summed E-state index contributed by atoms with van der Waals surface area (Å²) in [5.74, 6) is 2.49. The van der Waals surface area contributed by atoms with Gasteiger partial charge in [0, 0.05) is 19.2 Å². The number of benzene rings is 1. The number of rotatable bonds is 6. The van der Waals surface area contributed by atoms with Gasteiger partial charge in [-0.05, 0) is 31.4 Å². The Morgan fingerprint density at radius 3 is 2.10 bits per heavy atom. The maximum atomic E-state index is 4.40. The van der Waals surface area contributed by atoms with Crippen molar-refractivity contribution >= 4 is 11.6 Å². The van der Waals surface area contributed by atoms with Gasteiger partial charge in [0.05, 0.1) is 0 Å². The van der Waals surface area contributed by atoms with Crippen LogP contribution in [0.4, 0.5) is 11.6 Å². The van der Waals surface area contributed by atoms with Gasteiger partial charge in [-0.1, -0.05) is 31.2 Å². The highest BCUT2D eigenvalue weighted by Crippen LogP contribution is 2.13. The van der Waals surface area contributed by atoms with E-state index in [1.54, 1.807) is 0 Å². The summed E-state index contributed by atoms with van der Waals surface area (Å²) in [5, 5.41) is 6.56. The van der Waals surface area contributed by atoms with Crippen molar-refractivity contribution in [3.8, 4) is 0 Å². The summed E-state index contributed by atoms with van der Waals surface area (Å²) in [5.41, 5.74) is 2.62. The molecular formula is C16H22N4. The van der Waals surface area contributed by atoms with Crippen LogP contribution in [-0.2, 0) is 13.0 Å². The van der Waals surface area contributed by atoms with Crippen LogP contribution in [0.2, 0.25) is 0 Å². The van der Waals surface area contributed by atoms with E-state index in [2.05, 4.69) is 58.7 Å². The monoisotopic (exact) mass is 270 g/mol. The molecule has 0 amide bonds. The van der Waals surface area contributed by atoms with Crippen LogP contribution in [0.25, 0.3) is 0 Å². The highest BCUT2D eigenvalue weighted by atomic mass is 15.1. The smallest absolute Gasteiger partial charge is 0.132 e. The molecule has 2 N–H and O–H groups in total. The van der Waals surface area contributed by atoms with Crippen molar-refractivity contribution in [3.63, 3.8) is 0 Å². The zero-order chi connectivity index (χ0) is 14.4. The SMILES string of the molecule is CCNc1cc(NCc2ccc(CC)cc2)nc(C)n1. The molecular weight excluding hydrogens is 248 g/mol. The van der Waals surface area contributed by atoms with E-state index in [1.807, 2.05) is 13.0 Å². The van der Waals surface area contributed by atoms with Gasteiger partial charge >= 0.3 is 0 Å². The van der Waals surface area contributed by atoms with Crippen molar-refractivity contribution in [1.82, 2.24) is 9.97 Å². The van der Waals surface area contributed by atoms with E-state index in [1.165, 1.54) is 11.1 Å². The molecule has 0 bridgehead atoms. The first-order valence-electron chi connectivity index (χ1n) is 7.12. The number of hydrogen-bond donors (Lipinski definition) is 2. The van der Waals surface area contributed by atoms with Gasteiger partial charge in [-0.25, -0.2) is 9.97 Å². The first-order chi connectivity index (χ1) is 9.71. The van der Waals surface area contributed by atoms with Gasteiger partial charge in [0.1, 0.15) is 17.5 Å². The third-order valence-electron chi connectivity index (χ3n) is 3.10. The maximum Gasteiger partial charge on any atom is 0.132 e. The van der Waals surface area contributed by atoms with Gasteiger partial charge in [0.25, 0.3) is 0 Å². The summed E-state index contributed by atoms with van der Waals surface area (Å²) in [4.78, 5) is 8.74. The second kappa shape index (κ2) is 6.89. The molecule has 0 saturated heterocycles. The van der Waals surface area contributed by atoms with E-state index >= 15 is 0 Å². The van der Waals surface area contributed by atoms with Gasteiger partial charge in [0.15, 0.2) is 0 Å². The summed E-state index contributed by atoms with van der Waals surface area (Å²) < 4.78 is 0. The fraction of sp³-hybridized carbons (Fsp3) is 0.375. The lowest BCUT2D eigenvalue weighted by Gasteiger charge is -2.09. The second-order valence-electron chi connectivity index (χ2n) is 4.74. The van der Waals surface area contributed by atoms with E-state index in [-0.39, 0.29) is 0 Å². The van der Waals surface area contributed by atoms with Crippen LogP contribution >= 0.6 is 0 Å². The van der Waals surface area contributed by atoms with Crippen molar-refractivity contribution in [2.75, 3.05) is 17.2 Å². The number of anilines is 2. The molecule has 0 unspecified atom stereocenters. The van der Waals surface area contributed by atoms with Crippen LogP contribution in [-0.4, -0.2) is 16.5 Å². The third-order valence-corrected chi connectivity index (χ3v) is 3.10. The van der Waals surface area contributed by atoms with Gasteiger partial charge in [0.2, 0.25) is 0 Å². The minimum atomic E-state index is 0.770. The van der Waals surface area contributed by atoms with Gasteiger partial charge in [-0.3, -0.25) is 0 Å². The van der Waals surface area contributed by atoms with Crippen LogP contribution in [0, 0.1) is 6.92 Å². The molecule has 0 aliphatic rings. The summed E-state index contributed by atoms with van der Waals surface area (Å²) in [6.07, 6.45) is 1.07. The molecule has 0 aliphatic carbocycles. The average molecular weight is 270 g/mol. The van der Waals surface area contributed by atoms with Gasteiger partial charge < -0.3 is 10.6 Å². The Labute approximate surface area is 120 Å². The molecule has 0 saturated carbocycles. The molecule has 4 nitrogen and oxygen atoms in total. The number of aryl methyl sites for hydroxylation is 2. The van der Waals surface area contributed by atoms with Crippen molar-refractivity contribution in [2.45, 2.75) is 33.7 Å². The van der Waals surface area contributed by atoms with Crippen LogP contribution in [0.5, 0.6) is 0 Å². The lowest BCUT2D eigenvalue weighted by molar-refractivity contribution is 1.01. The highest BCUT2D eigenvalue weighted by Gasteiger charge is 2.01. The van der Waals surface area contributed by atoms with E-state index in [4.69, 9.17) is 0 Å². The second-order valence-corrected chi connectivity index (χ2v) is 4.74. The molecule has 2 rings (SSSR count). The Balaban J connectivity index is 2.02. The topological polar surface area (TPSA) is 49.8 Å². The molecule has 0 spiro atoms. The van der Waals surface area contributed by atoms with E-state index in [0.29, 0.717) is 0 Å². The average Bonchev–Trinajstić information content (AvgIpc) is 2.45. The number of hydrogen-bond acceptors (Lipinski definition) is 4. The van der Waals surface area contributed by atoms with E-state index < -0.39 is 0 Å². The standard InChI is InChI=1S/C16H22N4/c1-4-13-6-8-14(9-7-13)11-18-16-10-15(17-5-2)19-12(3)20-16/h6-10H,4-5,11H2,1-3H3,(H2,17,18,19,20). The zero-order valence-electron chi connectivity index (χ0n) is 12.4. The Hall–Kier alpha value is -2.10. The molecule has 20 heavy (non-hydrogen) atoms. The molecule has 1 heterocycles. The van der Waals surface area contributed by atoms with Crippen molar-refractivity contribution < 1.29 is 0 Å². The Kier molecular flexibility index (Phi) is 4.93. The maximum absolute atomic E-state index is 4.40. The van der Waals surface area contributed by atoms with E-state index in [0.717, 1.165) is 37.0 Å². The van der Waals surface area contributed by atoms with Crippen LogP contribution < -0.4 is 10.6 Å². The minimum Gasteiger partial charge on any atom is -0.370 e. The van der Waals surface area contributed by atoms with Crippen molar-refractivity contribution in [2.24, 2.45) is 0 Å². The highest BCUT2D eigenvalue weighted by molar-refractivity contribution is 5.47. The molecule has 2 aromatic rings. The molecule has 0 radical (unpaired) electrons. The first kappa shape index (κ1) is 14.3. The number of nitrogens with zero attached hydrogens (tertiary/aromatic N) is 2. The molecule has 1 aromatic heterocycles. The zero-order valence-corrected chi connectivity index (χ0v) is 12.4. The Morgan fingerprint density at radius 2 is 1.50 bits per heavy atom. The summed E-state index contributed by atoms with van der Waals surface area (Å²) in [7, 11) is 0. The Bertz CT molecular complexity index is 549. The normalized spacial score (nSPS) is 10.3. The van der Waals surface area contributed by atoms with Gasteiger partial charge in [-0.2, -0.15) is 0 Å². The molecule has 0 atom stereocenters.